The van der Waals surface area contributed by atoms with Crippen LogP contribution in [0.3, 0.4) is 0 Å². The van der Waals surface area contributed by atoms with Crippen LogP contribution in [0.4, 0.5) is 14.6 Å². The molecule has 6 heteroatoms. The molecule has 1 aromatic heterocycles. The van der Waals surface area contributed by atoms with Crippen LogP contribution in [0.15, 0.2) is 24.3 Å². The van der Waals surface area contributed by atoms with Crippen molar-refractivity contribution in [1.82, 2.24) is 9.97 Å². The Morgan fingerprint density at radius 3 is 2.75 bits per heavy atom. The van der Waals surface area contributed by atoms with Crippen molar-refractivity contribution in [3.63, 3.8) is 0 Å². The lowest BCUT2D eigenvalue weighted by Crippen LogP contribution is -2.66. The Hall–Kier alpha value is -1.82. The molecule has 3 atom stereocenters. The summed E-state index contributed by atoms with van der Waals surface area (Å²) in [4.78, 5) is 10.3. The third-order valence-electron chi connectivity index (χ3n) is 5.59. The van der Waals surface area contributed by atoms with Crippen molar-refractivity contribution in [3.05, 3.63) is 30.1 Å². The van der Waals surface area contributed by atoms with Gasteiger partial charge in [0.25, 0.3) is 6.43 Å². The second-order valence-electron chi connectivity index (χ2n) is 7.34. The molecule has 2 fully saturated rings. The largest absolute Gasteiger partial charge is 0.377 e. The van der Waals surface area contributed by atoms with E-state index in [9.17, 15) is 8.78 Å². The molecule has 1 aliphatic heterocycles. The Morgan fingerprint density at radius 2 is 2.00 bits per heavy atom. The summed E-state index contributed by atoms with van der Waals surface area (Å²) >= 11 is 0. The molecule has 0 amide bonds. The quantitative estimate of drug-likeness (QED) is 0.856. The first-order valence-electron chi connectivity index (χ1n) is 8.30. The predicted octanol–water partition coefficient (Wildman–Crippen LogP) is 3.82. The molecule has 1 aromatic carbocycles. The third kappa shape index (κ3) is 2.12. The number of rotatable bonds is 3. The van der Waals surface area contributed by atoms with Crippen LogP contribution in [-0.2, 0) is 4.74 Å². The van der Waals surface area contributed by atoms with E-state index in [1.165, 1.54) is 0 Å². The number of hydrogen-bond acceptors (Lipinski definition) is 4. The Kier molecular flexibility index (Phi) is 3.49. The number of benzene rings is 1. The molecule has 0 spiro atoms. The fraction of sp³-hybridized carbons (Fsp3) is 0.556. The molecule has 1 saturated carbocycles. The van der Waals surface area contributed by atoms with Crippen molar-refractivity contribution >= 4 is 16.7 Å². The number of ether oxygens (including phenoxy) is 1. The number of hydrogen-bond donors (Lipinski definition) is 0. The number of para-hydroxylation sites is 1. The van der Waals surface area contributed by atoms with Crippen LogP contribution in [0.5, 0.6) is 0 Å². The Labute approximate surface area is 139 Å². The monoisotopic (exact) mass is 333 g/mol. The zero-order chi connectivity index (χ0) is 17.1. The Morgan fingerprint density at radius 1 is 1.25 bits per heavy atom. The average molecular weight is 333 g/mol. The summed E-state index contributed by atoms with van der Waals surface area (Å²) in [6.07, 6.45) is -1.43. The fourth-order valence-corrected chi connectivity index (χ4v) is 4.66. The van der Waals surface area contributed by atoms with Crippen LogP contribution in [0.2, 0.25) is 0 Å². The van der Waals surface area contributed by atoms with Crippen LogP contribution >= 0.6 is 0 Å². The number of fused-ring (bicyclic) bond motifs is 2. The molecule has 4 rings (SSSR count). The summed E-state index contributed by atoms with van der Waals surface area (Å²) in [5.74, 6) is 0.597. The van der Waals surface area contributed by atoms with Crippen molar-refractivity contribution in [1.29, 1.82) is 0 Å². The van der Waals surface area contributed by atoms with Crippen molar-refractivity contribution in [2.75, 3.05) is 18.6 Å². The van der Waals surface area contributed by atoms with Crippen LogP contribution in [-0.4, -0.2) is 35.8 Å². The number of halogens is 2. The van der Waals surface area contributed by atoms with Crippen molar-refractivity contribution in [3.8, 4) is 0 Å². The summed E-state index contributed by atoms with van der Waals surface area (Å²) in [7, 11) is 1.95. The molecule has 2 aliphatic rings. The van der Waals surface area contributed by atoms with Crippen molar-refractivity contribution < 1.29 is 13.5 Å². The van der Waals surface area contributed by atoms with E-state index in [4.69, 9.17) is 4.74 Å². The van der Waals surface area contributed by atoms with Crippen LogP contribution in [0, 0.1) is 11.3 Å². The summed E-state index contributed by atoms with van der Waals surface area (Å²) in [6.45, 7) is 5.13. The number of aromatic nitrogens is 2. The normalized spacial score (nSPS) is 28.0. The first-order chi connectivity index (χ1) is 11.4. The van der Waals surface area contributed by atoms with Gasteiger partial charge in [0.1, 0.15) is 5.82 Å². The molecule has 24 heavy (non-hydrogen) atoms. The topological polar surface area (TPSA) is 38.2 Å². The number of nitrogens with zero attached hydrogens (tertiary/aromatic N) is 3. The molecule has 2 heterocycles. The Balaban J connectivity index is 1.80. The molecule has 128 valence electrons. The predicted molar refractivity (Wildman–Crippen MR) is 88.3 cm³/mol. The van der Waals surface area contributed by atoms with E-state index >= 15 is 0 Å². The molecular weight excluding hydrogens is 312 g/mol. The van der Waals surface area contributed by atoms with Crippen LogP contribution in [0.25, 0.3) is 10.9 Å². The van der Waals surface area contributed by atoms with Crippen molar-refractivity contribution in [2.45, 2.75) is 38.8 Å². The molecule has 4 nitrogen and oxygen atoms in total. The average Bonchev–Trinajstić information content (AvgIpc) is 2.99. The number of anilines is 1. The number of alkyl halides is 2. The zero-order valence-corrected chi connectivity index (χ0v) is 14.0. The van der Waals surface area contributed by atoms with Gasteiger partial charge >= 0.3 is 0 Å². The van der Waals surface area contributed by atoms with Gasteiger partial charge in [-0.15, -0.1) is 0 Å². The van der Waals surface area contributed by atoms with E-state index in [1.807, 2.05) is 25.2 Å². The van der Waals surface area contributed by atoms with E-state index in [0.717, 1.165) is 18.4 Å². The van der Waals surface area contributed by atoms with Crippen LogP contribution in [0.1, 0.15) is 32.5 Å². The molecule has 3 unspecified atom stereocenters. The lowest BCUT2D eigenvalue weighted by atomic mass is 9.57. The maximum absolute atomic E-state index is 13.2. The highest BCUT2D eigenvalue weighted by Gasteiger charge is 2.61. The Bertz CT molecular complexity index is 780. The molecule has 1 aliphatic carbocycles. The van der Waals surface area contributed by atoms with Crippen LogP contribution < -0.4 is 4.90 Å². The van der Waals surface area contributed by atoms with E-state index in [0.29, 0.717) is 17.3 Å². The molecular formula is C18H21F2N3O. The van der Waals surface area contributed by atoms with E-state index in [1.54, 1.807) is 6.07 Å². The first-order valence-corrected chi connectivity index (χ1v) is 8.30. The molecule has 1 saturated heterocycles. The minimum absolute atomic E-state index is 0.0348. The SMILES string of the molecule is CN(c1nc(C(F)F)nc2ccccc12)C1C2CCOC2C1(C)C. The lowest BCUT2D eigenvalue weighted by molar-refractivity contribution is -0.101. The minimum Gasteiger partial charge on any atom is -0.377 e. The summed E-state index contributed by atoms with van der Waals surface area (Å²) < 4.78 is 32.3. The van der Waals surface area contributed by atoms with E-state index < -0.39 is 12.2 Å². The van der Waals surface area contributed by atoms with Gasteiger partial charge in [0, 0.05) is 36.4 Å². The summed E-state index contributed by atoms with van der Waals surface area (Å²) in [6, 6.07) is 7.56. The van der Waals surface area contributed by atoms with E-state index in [2.05, 4.69) is 28.7 Å². The maximum Gasteiger partial charge on any atom is 0.297 e. The smallest absolute Gasteiger partial charge is 0.297 e. The third-order valence-corrected chi connectivity index (χ3v) is 5.59. The van der Waals surface area contributed by atoms with Gasteiger partial charge in [-0.05, 0) is 18.6 Å². The zero-order valence-electron chi connectivity index (χ0n) is 14.0. The fourth-order valence-electron chi connectivity index (χ4n) is 4.66. The van der Waals surface area contributed by atoms with Gasteiger partial charge in [-0.3, -0.25) is 0 Å². The maximum atomic E-state index is 13.2. The van der Waals surface area contributed by atoms with Gasteiger partial charge in [0.2, 0.25) is 0 Å². The van der Waals surface area contributed by atoms with Gasteiger partial charge in [0.05, 0.1) is 11.6 Å². The highest BCUT2D eigenvalue weighted by molar-refractivity contribution is 5.89. The van der Waals surface area contributed by atoms with E-state index in [-0.39, 0.29) is 17.6 Å². The lowest BCUT2D eigenvalue weighted by Gasteiger charge is -2.58. The molecule has 0 bridgehead atoms. The summed E-state index contributed by atoms with van der Waals surface area (Å²) in [5, 5.41) is 0.808. The second kappa shape index (κ2) is 5.34. The van der Waals surface area contributed by atoms with Crippen molar-refractivity contribution in [2.24, 2.45) is 11.3 Å². The molecule has 0 radical (unpaired) electrons. The molecule has 0 N–H and O–H groups in total. The summed E-state index contributed by atoms with van der Waals surface area (Å²) in [5.41, 5.74) is 0.522. The minimum atomic E-state index is -2.68. The highest BCUT2D eigenvalue weighted by atomic mass is 19.3. The highest BCUT2D eigenvalue weighted by Crippen LogP contribution is 2.55. The van der Waals surface area contributed by atoms with Gasteiger partial charge in [-0.25, -0.2) is 18.7 Å². The van der Waals surface area contributed by atoms with Gasteiger partial charge < -0.3 is 9.64 Å². The first kappa shape index (κ1) is 15.7. The standard InChI is InChI=1S/C18H21F2N3O/c1-18(2)13(11-8-9-24-14(11)18)23(3)17-10-6-4-5-7-12(10)21-16(22-17)15(19)20/h4-7,11,13-15H,8-9H2,1-3H3. The second-order valence-corrected chi connectivity index (χ2v) is 7.34. The van der Waals surface area contributed by atoms with Gasteiger partial charge in [0.15, 0.2) is 5.82 Å². The molecule has 2 aromatic rings. The van der Waals surface area contributed by atoms with Gasteiger partial charge in [-0.2, -0.15) is 0 Å². The van der Waals surface area contributed by atoms with Gasteiger partial charge in [-0.1, -0.05) is 26.0 Å².